The molecule has 0 saturated heterocycles. The summed E-state index contributed by atoms with van der Waals surface area (Å²) in [5, 5.41) is 9.19. The zero-order chi connectivity index (χ0) is 18.8. The normalized spacial score (nSPS) is 13.3. The minimum atomic E-state index is -0.728. The fourth-order valence-electron chi connectivity index (χ4n) is 2.82. The Balaban J connectivity index is 1.47. The van der Waals surface area contributed by atoms with Crippen molar-refractivity contribution in [3.8, 4) is 0 Å². The van der Waals surface area contributed by atoms with Gasteiger partial charge in [-0.15, -0.1) is 10.1 Å². The van der Waals surface area contributed by atoms with E-state index in [-0.39, 0.29) is 6.42 Å². The standard InChI is InChI=1S/C19H25NO6/c21-17(22)13-7-5-3-1-2-4-6-10-14-25-26-20-18(23)15-11-8-9-12-16(15)19(20)24/h8-9,11-12H,1-7,10,13-14H2,(H,21,22). The number of carbonyl (C=O) groups is 3. The van der Waals surface area contributed by atoms with Crippen LogP contribution in [0.25, 0.3) is 0 Å². The van der Waals surface area contributed by atoms with E-state index in [1.165, 1.54) is 0 Å². The van der Waals surface area contributed by atoms with E-state index >= 15 is 0 Å². The van der Waals surface area contributed by atoms with Crippen LogP contribution in [0, 0.1) is 0 Å². The number of fused-ring (bicyclic) bond motifs is 1. The topological polar surface area (TPSA) is 93.1 Å². The SMILES string of the molecule is O=C(O)CCCCCCCCCCOON1C(=O)c2ccccc2C1=O. The smallest absolute Gasteiger partial charge is 0.303 e. The van der Waals surface area contributed by atoms with Crippen LogP contribution in [0.15, 0.2) is 24.3 Å². The summed E-state index contributed by atoms with van der Waals surface area (Å²) in [6.45, 7) is 0.312. The Labute approximate surface area is 152 Å². The van der Waals surface area contributed by atoms with Crippen LogP contribution in [-0.4, -0.2) is 34.6 Å². The van der Waals surface area contributed by atoms with Crippen molar-refractivity contribution < 1.29 is 29.4 Å². The number of nitrogens with zero attached hydrogens (tertiary/aromatic N) is 1. The quantitative estimate of drug-likeness (QED) is 0.248. The van der Waals surface area contributed by atoms with Gasteiger partial charge in [0, 0.05) is 6.42 Å². The molecule has 7 heteroatoms. The molecule has 1 N–H and O–H groups in total. The molecular formula is C19H25NO6. The van der Waals surface area contributed by atoms with Crippen LogP contribution in [0.2, 0.25) is 0 Å². The molecule has 0 radical (unpaired) electrons. The summed E-state index contributed by atoms with van der Waals surface area (Å²) in [5.74, 6) is -1.74. The van der Waals surface area contributed by atoms with E-state index in [0.717, 1.165) is 51.4 Å². The average molecular weight is 363 g/mol. The van der Waals surface area contributed by atoms with Gasteiger partial charge in [-0.05, 0) is 25.0 Å². The van der Waals surface area contributed by atoms with Gasteiger partial charge in [0.1, 0.15) is 0 Å². The summed E-state index contributed by atoms with van der Waals surface area (Å²) in [6, 6.07) is 6.56. The number of hydrogen-bond donors (Lipinski definition) is 1. The summed E-state index contributed by atoms with van der Waals surface area (Å²) < 4.78 is 0. The van der Waals surface area contributed by atoms with E-state index in [9.17, 15) is 14.4 Å². The van der Waals surface area contributed by atoms with Crippen molar-refractivity contribution in [1.29, 1.82) is 0 Å². The van der Waals surface area contributed by atoms with Gasteiger partial charge in [0.2, 0.25) is 0 Å². The first-order valence-electron chi connectivity index (χ1n) is 9.10. The molecule has 0 aromatic heterocycles. The number of unbranched alkanes of at least 4 members (excludes halogenated alkanes) is 7. The minimum absolute atomic E-state index is 0.254. The Morgan fingerprint density at radius 3 is 1.88 bits per heavy atom. The first-order valence-corrected chi connectivity index (χ1v) is 9.10. The van der Waals surface area contributed by atoms with Gasteiger partial charge < -0.3 is 5.11 Å². The fourth-order valence-corrected chi connectivity index (χ4v) is 2.82. The van der Waals surface area contributed by atoms with E-state index in [4.69, 9.17) is 15.0 Å². The van der Waals surface area contributed by atoms with Crippen molar-refractivity contribution in [2.75, 3.05) is 6.61 Å². The Morgan fingerprint density at radius 1 is 0.846 bits per heavy atom. The van der Waals surface area contributed by atoms with E-state index in [2.05, 4.69) is 0 Å². The molecule has 1 aromatic carbocycles. The van der Waals surface area contributed by atoms with Gasteiger partial charge in [-0.25, -0.2) is 4.89 Å². The molecule has 0 spiro atoms. The van der Waals surface area contributed by atoms with Crippen molar-refractivity contribution in [2.45, 2.75) is 57.8 Å². The van der Waals surface area contributed by atoms with Crippen LogP contribution in [0.3, 0.4) is 0 Å². The van der Waals surface area contributed by atoms with Crippen molar-refractivity contribution >= 4 is 17.8 Å². The summed E-state index contributed by atoms with van der Waals surface area (Å²) in [5.41, 5.74) is 0.647. The Kier molecular flexibility index (Phi) is 8.24. The molecule has 0 saturated carbocycles. The average Bonchev–Trinajstić information content (AvgIpc) is 2.87. The molecule has 7 nitrogen and oxygen atoms in total. The zero-order valence-electron chi connectivity index (χ0n) is 14.8. The lowest BCUT2D eigenvalue weighted by molar-refractivity contribution is -0.385. The van der Waals surface area contributed by atoms with Gasteiger partial charge in [-0.1, -0.05) is 50.7 Å². The Morgan fingerprint density at radius 2 is 1.35 bits per heavy atom. The van der Waals surface area contributed by atoms with Crippen LogP contribution in [0.1, 0.15) is 78.5 Å². The van der Waals surface area contributed by atoms with Gasteiger partial charge in [0.25, 0.3) is 11.8 Å². The summed E-state index contributed by atoms with van der Waals surface area (Å²) in [6.07, 6.45) is 8.05. The highest BCUT2D eigenvalue weighted by Gasteiger charge is 2.37. The van der Waals surface area contributed by atoms with Crippen LogP contribution < -0.4 is 0 Å². The maximum absolute atomic E-state index is 12.0. The monoisotopic (exact) mass is 363 g/mol. The molecule has 2 rings (SSSR count). The molecule has 0 fully saturated rings. The lowest BCUT2D eigenvalue weighted by atomic mass is 10.1. The Bertz CT molecular complexity index is 595. The second-order valence-corrected chi connectivity index (χ2v) is 6.32. The maximum Gasteiger partial charge on any atom is 0.303 e. The molecule has 0 aliphatic carbocycles. The van der Waals surface area contributed by atoms with E-state index < -0.39 is 17.8 Å². The highest BCUT2D eigenvalue weighted by molar-refractivity contribution is 6.20. The van der Waals surface area contributed by atoms with E-state index in [1.807, 2.05) is 0 Å². The van der Waals surface area contributed by atoms with Crippen LogP contribution in [-0.2, 0) is 14.7 Å². The molecule has 1 heterocycles. The van der Waals surface area contributed by atoms with Gasteiger partial charge >= 0.3 is 5.97 Å². The van der Waals surface area contributed by atoms with Gasteiger partial charge in [0.05, 0.1) is 17.7 Å². The van der Waals surface area contributed by atoms with Gasteiger partial charge in [0.15, 0.2) is 0 Å². The molecule has 0 bridgehead atoms. The lowest BCUT2D eigenvalue weighted by Crippen LogP contribution is -2.30. The molecular weight excluding hydrogens is 338 g/mol. The molecule has 0 unspecified atom stereocenters. The molecule has 1 aliphatic rings. The Hall–Kier alpha value is -2.25. The second kappa shape index (κ2) is 10.7. The molecule has 1 aliphatic heterocycles. The molecule has 1 aromatic rings. The van der Waals surface area contributed by atoms with Crippen LogP contribution >= 0.6 is 0 Å². The number of hydrogen-bond acceptors (Lipinski definition) is 5. The lowest BCUT2D eigenvalue weighted by Gasteiger charge is -2.11. The maximum atomic E-state index is 12.0. The van der Waals surface area contributed by atoms with E-state index in [0.29, 0.717) is 22.8 Å². The zero-order valence-corrected chi connectivity index (χ0v) is 14.8. The summed E-state index contributed by atoms with van der Waals surface area (Å²) >= 11 is 0. The highest BCUT2D eigenvalue weighted by Crippen LogP contribution is 2.22. The first kappa shape index (κ1) is 20.1. The fraction of sp³-hybridized carbons (Fsp3) is 0.526. The third-order valence-corrected chi connectivity index (χ3v) is 4.25. The highest BCUT2D eigenvalue weighted by atomic mass is 17.3. The van der Waals surface area contributed by atoms with Crippen molar-refractivity contribution in [3.63, 3.8) is 0 Å². The van der Waals surface area contributed by atoms with Crippen molar-refractivity contribution in [3.05, 3.63) is 35.4 Å². The summed E-state index contributed by atoms with van der Waals surface area (Å²) in [7, 11) is 0. The van der Waals surface area contributed by atoms with Gasteiger partial charge in [-0.3, -0.25) is 14.4 Å². The van der Waals surface area contributed by atoms with Crippen molar-refractivity contribution in [1.82, 2.24) is 5.06 Å². The number of rotatable bonds is 13. The number of aliphatic carboxylic acids is 1. The minimum Gasteiger partial charge on any atom is -0.481 e. The predicted molar refractivity (Wildman–Crippen MR) is 93.2 cm³/mol. The van der Waals surface area contributed by atoms with E-state index in [1.54, 1.807) is 24.3 Å². The van der Waals surface area contributed by atoms with Gasteiger partial charge in [-0.2, -0.15) is 0 Å². The largest absolute Gasteiger partial charge is 0.481 e. The third-order valence-electron chi connectivity index (χ3n) is 4.25. The number of carboxylic acid groups (broad SMARTS) is 1. The number of benzene rings is 1. The number of hydroxylamine groups is 2. The van der Waals surface area contributed by atoms with Crippen LogP contribution in [0.4, 0.5) is 0 Å². The molecule has 142 valence electrons. The van der Waals surface area contributed by atoms with Crippen LogP contribution in [0.5, 0.6) is 0 Å². The predicted octanol–water partition coefficient (Wildman–Crippen LogP) is 3.74. The number of carboxylic acids is 1. The number of imide groups is 1. The summed E-state index contributed by atoms with van der Waals surface area (Å²) in [4.78, 5) is 44.3. The number of carbonyl (C=O) groups excluding carboxylic acids is 2. The molecule has 0 atom stereocenters. The number of amides is 2. The van der Waals surface area contributed by atoms with Crippen molar-refractivity contribution in [2.24, 2.45) is 0 Å². The molecule has 26 heavy (non-hydrogen) atoms. The first-order chi connectivity index (χ1) is 12.6. The molecule has 2 amide bonds. The second-order valence-electron chi connectivity index (χ2n) is 6.32. The third kappa shape index (κ3) is 5.93.